The van der Waals surface area contributed by atoms with Crippen LogP contribution in [-0.4, -0.2) is 32.3 Å². The normalized spacial score (nSPS) is 15.6. The fourth-order valence-electron chi connectivity index (χ4n) is 2.74. The molecule has 4 rings (SSSR count). The zero-order chi connectivity index (χ0) is 16.4. The summed E-state index contributed by atoms with van der Waals surface area (Å²) in [6, 6.07) is 11.9. The van der Waals surface area contributed by atoms with Gasteiger partial charge in [-0.3, -0.25) is 9.78 Å². The Bertz CT molecular complexity index is 852. The molecule has 0 bridgehead atoms. The fraction of sp³-hybridized carbons (Fsp3) is 0.176. The standard InChI is InChI=1S/C17H14N4O2S/c22-17(15-10-20-24-21-15)19-9-12-8-11-4-3-5-13(16(11)23-12)14-6-1-2-7-18-14/h1-7,10,12H,8-9H2,(H,19,22). The zero-order valence-corrected chi connectivity index (χ0v) is 13.5. The first-order valence-electron chi connectivity index (χ1n) is 7.57. The lowest BCUT2D eigenvalue weighted by atomic mass is 10.0. The quantitative estimate of drug-likeness (QED) is 0.790. The molecular formula is C17H14N4O2S. The molecule has 0 saturated heterocycles. The Morgan fingerprint density at radius 2 is 2.25 bits per heavy atom. The zero-order valence-electron chi connectivity index (χ0n) is 12.7. The minimum Gasteiger partial charge on any atom is -0.487 e. The van der Waals surface area contributed by atoms with Gasteiger partial charge in [0.25, 0.3) is 5.91 Å². The van der Waals surface area contributed by atoms with E-state index in [1.807, 2.05) is 36.4 Å². The largest absolute Gasteiger partial charge is 0.487 e. The molecule has 0 aliphatic carbocycles. The third-order valence-electron chi connectivity index (χ3n) is 3.85. The van der Waals surface area contributed by atoms with Gasteiger partial charge in [-0.2, -0.15) is 8.75 Å². The second-order valence-corrected chi connectivity index (χ2v) is 6.01. The maximum absolute atomic E-state index is 12.0. The van der Waals surface area contributed by atoms with E-state index in [1.165, 1.54) is 6.20 Å². The van der Waals surface area contributed by atoms with Crippen molar-refractivity contribution >= 4 is 17.6 Å². The number of benzene rings is 1. The van der Waals surface area contributed by atoms with Gasteiger partial charge in [0.1, 0.15) is 11.9 Å². The van der Waals surface area contributed by atoms with Crippen LogP contribution in [0.5, 0.6) is 5.75 Å². The predicted molar refractivity (Wildman–Crippen MR) is 90.0 cm³/mol. The molecular weight excluding hydrogens is 324 g/mol. The van der Waals surface area contributed by atoms with Crippen molar-refractivity contribution in [3.8, 4) is 17.0 Å². The van der Waals surface area contributed by atoms with Crippen molar-refractivity contribution in [2.45, 2.75) is 12.5 Å². The van der Waals surface area contributed by atoms with Crippen LogP contribution >= 0.6 is 11.7 Å². The molecule has 0 spiro atoms. The number of fused-ring (bicyclic) bond motifs is 1. The molecule has 1 N–H and O–H groups in total. The van der Waals surface area contributed by atoms with Gasteiger partial charge in [0.15, 0.2) is 5.69 Å². The molecule has 0 saturated carbocycles. The van der Waals surface area contributed by atoms with Gasteiger partial charge in [0.05, 0.1) is 30.2 Å². The fourth-order valence-corrected chi connectivity index (χ4v) is 3.15. The molecule has 7 heteroatoms. The van der Waals surface area contributed by atoms with E-state index in [2.05, 4.69) is 19.0 Å². The Hall–Kier alpha value is -2.80. The third kappa shape index (κ3) is 2.85. The number of rotatable bonds is 4. The topological polar surface area (TPSA) is 77.0 Å². The molecule has 24 heavy (non-hydrogen) atoms. The Balaban J connectivity index is 1.47. The van der Waals surface area contributed by atoms with Crippen molar-refractivity contribution in [2.24, 2.45) is 0 Å². The number of amides is 1. The summed E-state index contributed by atoms with van der Waals surface area (Å²) in [5.41, 5.74) is 3.33. The van der Waals surface area contributed by atoms with Gasteiger partial charge < -0.3 is 10.1 Å². The summed E-state index contributed by atoms with van der Waals surface area (Å²) in [5.74, 6) is 0.624. The van der Waals surface area contributed by atoms with Crippen LogP contribution in [0.15, 0.2) is 48.8 Å². The minimum atomic E-state index is -0.228. The summed E-state index contributed by atoms with van der Waals surface area (Å²) in [6.07, 6.45) is 3.89. The molecule has 0 fully saturated rings. The maximum atomic E-state index is 12.0. The molecule has 1 aromatic carbocycles. The number of nitrogens with one attached hydrogen (secondary N) is 1. The number of ether oxygens (including phenoxy) is 1. The summed E-state index contributed by atoms with van der Waals surface area (Å²) in [5, 5.41) is 2.85. The molecule has 0 radical (unpaired) electrons. The highest BCUT2D eigenvalue weighted by Crippen LogP contribution is 2.37. The second-order valence-electron chi connectivity index (χ2n) is 5.46. The van der Waals surface area contributed by atoms with Gasteiger partial charge in [0.2, 0.25) is 0 Å². The SMILES string of the molecule is O=C(NCC1Cc2cccc(-c3ccccn3)c2O1)c1cnsn1. The number of nitrogens with zero attached hydrogens (tertiary/aromatic N) is 3. The Kier molecular flexibility index (Phi) is 3.92. The molecule has 3 heterocycles. The van der Waals surface area contributed by atoms with E-state index in [4.69, 9.17) is 4.74 Å². The second kappa shape index (κ2) is 6.37. The molecule has 1 aliphatic rings. The lowest BCUT2D eigenvalue weighted by molar-refractivity contribution is 0.0929. The smallest absolute Gasteiger partial charge is 0.272 e. The van der Waals surface area contributed by atoms with Crippen LogP contribution in [0.2, 0.25) is 0 Å². The van der Waals surface area contributed by atoms with Crippen molar-refractivity contribution in [1.29, 1.82) is 0 Å². The van der Waals surface area contributed by atoms with Crippen LogP contribution in [-0.2, 0) is 6.42 Å². The number of pyridine rings is 1. The number of carbonyl (C=O) groups excluding carboxylic acids is 1. The first kappa shape index (κ1) is 14.8. The highest BCUT2D eigenvalue weighted by molar-refractivity contribution is 6.99. The lowest BCUT2D eigenvalue weighted by Crippen LogP contribution is -2.34. The number of aromatic nitrogens is 3. The summed E-state index contributed by atoms with van der Waals surface area (Å²) < 4.78 is 13.8. The monoisotopic (exact) mass is 338 g/mol. The van der Waals surface area contributed by atoms with E-state index in [-0.39, 0.29) is 12.0 Å². The molecule has 3 aromatic rings. The number of carbonyl (C=O) groups is 1. The minimum absolute atomic E-state index is 0.0968. The van der Waals surface area contributed by atoms with E-state index < -0.39 is 0 Å². The van der Waals surface area contributed by atoms with Gasteiger partial charge in [0, 0.05) is 18.2 Å². The molecule has 6 nitrogen and oxygen atoms in total. The van der Waals surface area contributed by atoms with E-state index >= 15 is 0 Å². The highest BCUT2D eigenvalue weighted by atomic mass is 32.1. The van der Waals surface area contributed by atoms with Crippen molar-refractivity contribution in [3.05, 3.63) is 60.0 Å². The highest BCUT2D eigenvalue weighted by Gasteiger charge is 2.26. The molecule has 1 unspecified atom stereocenters. The van der Waals surface area contributed by atoms with Gasteiger partial charge in [-0.1, -0.05) is 18.2 Å². The Labute approximate surface area is 142 Å². The number of para-hydroxylation sites is 1. The van der Waals surface area contributed by atoms with Crippen LogP contribution in [0.25, 0.3) is 11.3 Å². The maximum Gasteiger partial charge on any atom is 0.272 e. The van der Waals surface area contributed by atoms with Crippen LogP contribution in [0.1, 0.15) is 16.1 Å². The number of hydrogen-bond acceptors (Lipinski definition) is 6. The average molecular weight is 338 g/mol. The Morgan fingerprint density at radius 3 is 3.04 bits per heavy atom. The van der Waals surface area contributed by atoms with Crippen LogP contribution in [0.4, 0.5) is 0 Å². The molecule has 1 aliphatic heterocycles. The summed E-state index contributed by atoms with van der Waals surface area (Å²) in [7, 11) is 0. The van der Waals surface area contributed by atoms with Crippen LogP contribution < -0.4 is 10.1 Å². The van der Waals surface area contributed by atoms with Crippen molar-refractivity contribution < 1.29 is 9.53 Å². The summed E-state index contributed by atoms with van der Waals surface area (Å²) >= 11 is 1.02. The van der Waals surface area contributed by atoms with E-state index in [1.54, 1.807) is 6.20 Å². The van der Waals surface area contributed by atoms with E-state index in [9.17, 15) is 4.79 Å². The van der Waals surface area contributed by atoms with E-state index in [0.29, 0.717) is 12.2 Å². The first-order valence-corrected chi connectivity index (χ1v) is 8.30. The van der Waals surface area contributed by atoms with Gasteiger partial charge >= 0.3 is 0 Å². The third-order valence-corrected chi connectivity index (χ3v) is 4.33. The van der Waals surface area contributed by atoms with Crippen molar-refractivity contribution in [1.82, 2.24) is 19.0 Å². The van der Waals surface area contributed by atoms with Gasteiger partial charge in [-0.05, 0) is 23.8 Å². The lowest BCUT2D eigenvalue weighted by Gasteiger charge is -2.12. The first-order chi connectivity index (χ1) is 11.8. The van der Waals surface area contributed by atoms with Crippen LogP contribution in [0.3, 0.4) is 0 Å². The molecule has 120 valence electrons. The van der Waals surface area contributed by atoms with Crippen LogP contribution in [0, 0.1) is 0 Å². The molecule has 1 atom stereocenters. The predicted octanol–water partition coefficient (Wildman–Crippen LogP) is 2.33. The van der Waals surface area contributed by atoms with Gasteiger partial charge in [-0.25, -0.2) is 0 Å². The molecule has 2 aromatic heterocycles. The Morgan fingerprint density at radius 1 is 1.29 bits per heavy atom. The van der Waals surface area contributed by atoms with Crippen molar-refractivity contribution in [2.75, 3.05) is 6.54 Å². The van der Waals surface area contributed by atoms with Gasteiger partial charge in [-0.15, -0.1) is 0 Å². The summed E-state index contributed by atoms with van der Waals surface area (Å²) in [6.45, 7) is 0.423. The average Bonchev–Trinajstić information content (AvgIpc) is 3.29. The molecule has 1 amide bonds. The van der Waals surface area contributed by atoms with E-state index in [0.717, 1.165) is 40.7 Å². The number of hydrogen-bond donors (Lipinski definition) is 1. The summed E-state index contributed by atoms with van der Waals surface area (Å²) in [4.78, 5) is 16.3. The van der Waals surface area contributed by atoms with Crippen molar-refractivity contribution in [3.63, 3.8) is 0 Å².